The van der Waals surface area contributed by atoms with E-state index in [0.29, 0.717) is 39.1 Å². The molecule has 0 aromatic rings. The van der Waals surface area contributed by atoms with Gasteiger partial charge >= 0.3 is 5.97 Å². The molecular weight excluding hydrogens is 258 g/mol. The van der Waals surface area contributed by atoms with Crippen LogP contribution in [0.2, 0.25) is 0 Å². The lowest BCUT2D eigenvalue weighted by atomic mass is 10.1. The summed E-state index contributed by atoms with van der Waals surface area (Å²) >= 11 is 0. The third-order valence-electron chi connectivity index (χ3n) is 4.03. The number of piperazine rings is 1. The molecule has 0 saturated carbocycles. The van der Waals surface area contributed by atoms with Crippen molar-refractivity contribution in [1.82, 2.24) is 14.7 Å². The van der Waals surface area contributed by atoms with Crippen LogP contribution in [-0.4, -0.2) is 83.5 Å². The Balaban J connectivity index is 2.45. The molecule has 1 unspecified atom stereocenters. The third-order valence-corrected chi connectivity index (χ3v) is 4.03. The third kappa shape index (κ3) is 4.45. The van der Waals surface area contributed by atoms with Crippen molar-refractivity contribution >= 4 is 11.9 Å². The first-order chi connectivity index (χ1) is 9.53. The van der Waals surface area contributed by atoms with E-state index in [-0.39, 0.29) is 5.91 Å². The second kappa shape index (κ2) is 8.21. The fourth-order valence-electron chi connectivity index (χ4n) is 2.61. The summed E-state index contributed by atoms with van der Waals surface area (Å²) in [6.45, 7) is 10.7. The number of carbonyl (C=O) groups is 2. The van der Waals surface area contributed by atoms with Crippen molar-refractivity contribution < 1.29 is 14.7 Å². The summed E-state index contributed by atoms with van der Waals surface area (Å²) < 4.78 is 0. The van der Waals surface area contributed by atoms with Crippen LogP contribution in [0, 0.1) is 0 Å². The van der Waals surface area contributed by atoms with Crippen LogP contribution in [0.3, 0.4) is 0 Å². The Bertz CT molecular complexity index is 324. The van der Waals surface area contributed by atoms with E-state index >= 15 is 0 Å². The zero-order chi connectivity index (χ0) is 15.1. The van der Waals surface area contributed by atoms with Gasteiger partial charge in [-0.2, -0.15) is 0 Å². The maximum absolute atomic E-state index is 12.2. The lowest BCUT2D eigenvalue weighted by Crippen LogP contribution is -2.55. The van der Waals surface area contributed by atoms with Gasteiger partial charge in [-0.1, -0.05) is 20.8 Å². The number of aliphatic carboxylic acids is 1. The predicted octanol–water partition coefficient (Wildman–Crippen LogP) is 0.336. The van der Waals surface area contributed by atoms with Gasteiger partial charge in [-0.15, -0.1) is 0 Å². The van der Waals surface area contributed by atoms with Crippen molar-refractivity contribution in [2.24, 2.45) is 0 Å². The molecule has 0 radical (unpaired) electrons. The average Bonchev–Trinajstić information content (AvgIpc) is 2.45. The molecule has 0 aromatic heterocycles. The topological polar surface area (TPSA) is 64.1 Å². The van der Waals surface area contributed by atoms with Crippen molar-refractivity contribution in [3.05, 3.63) is 0 Å². The molecule has 6 heteroatoms. The highest BCUT2D eigenvalue weighted by Crippen LogP contribution is 2.10. The van der Waals surface area contributed by atoms with Crippen molar-refractivity contribution in [2.45, 2.75) is 33.2 Å². The Morgan fingerprint density at radius 2 is 1.65 bits per heavy atom. The molecular formula is C14H27N3O3. The van der Waals surface area contributed by atoms with E-state index in [1.807, 2.05) is 30.6 Å². The number of nitrogens with zero attached hydrogens (tertiary/aromatic N) is 3. The summed E-state index contributed by atoms with van der Waals surface area (Å²) in [4.78, 5) is 29.2. The van der Waals surface area contributed by atoms with Crippen LogP contribution < -0.4 is 0 Å². The van der Waals surface area contributed by atoms with Gasteiger partial charge in [-0.25, -0.2) is 0 Å². The Kier molecular flexibility index (Phi) is 6.95. The highest BCUT2D eigenvalue weighted by atomic mass is 16.4. The van der Waals surface area contributed by atoms with E-state index in [1.54, 1.807) is 0 Å². The smallest absolute Gasteiger partial charge is 0.320 e. The van der Waals surface area contributed by atoms with Gasteiger partial charge in [0.05, 0.1) is 6.54 Å². The molecule has 1 heterocycles. The molecule has 20 heavy (non-hydrogen) atoms. The molecule has 0 spiro atoms. The first-order valence-electron chi connectivity index (χ1n) is 7.50. The van der Waals surface area contributed by atoms with E-state index in [1.165, 1.54) is 0 Å². The number of amides is 1. The normalized spacial score (nSPS) is 18.3. The predicted molar refractivity (Wildman–Crippen MR) is 77.7 cm³/mol. The van der Waals surface area contributed by atoms with Crippen molar-refractivity contribution in [3.8, 4) is 0 Å². The Morgan fingerprint density at radius 3 is 2.05 bits per heavy atom. The Labute approximate surface area is 121 Å². The van der Waals surface area contributed by atoms with Crippen molar-refractivity contribution in [2.75, 3.05) is 45.8 Å². The van der Waals surface area contributed by atoms with Crippen LogP contribution in [0.1, 0.15) is 27.2 Å². The van der Waals surface area contributed by atoms with E-state index in [4.69, 9.17) is 5.11 Å². The quantitative estimate of drug-likeness (QED) is 0.730. The van der Waals surface area contributed by atoms with E-state index in [9.17, 15) is 9.59 Å². The van der Waals surface area contributed by atoms with Crippen molar-refractivity contribution in [3.63, 3.8) is 0 Å². The summed E-state index contributed by atoms with van der Waals surface area (Å²) in [7, 11) is 0. The molecule has 0 aliphatic carbocycles. The van der Waals surface area contributed by atoms with Crippen LogP contribution in [0.5, 0.6) is 0 Å². The summed E-state index contributed by atoms with van der Waals surface area (Å²) in [6.07, 6.45) is 0.600. The molecule has 0 bridgehead atoms. The number of carbonyl (C=O) groups excluding carboxylic acids is 1. The standard InChI is InChI=1S/C14H27N3O3/c1-4-12(14(19)20)16-7-9-17(10-8-16)13(18)11-15(5-2)6-3/h12H,4-11H2,1-3H3,(H,19,20). The van der Waals surface area contributed by atoms with Gasteiger partial charge in [-0.05, 0) is 19.5 Å². The van der Waals surface area contributed by atoms with E-state index in [0.717, 1.165) is 13.1 Å². The molecule has 1 saturated heterocycles. The number of likely N-dealkylation sites (N-methyl/N-ethyl adjacent to an activating group) is 1. The lowest BCUT2D eigenvalue weighted by Gasteiger charge is -2.38. The second-order valence-electron chi connectivity index (χ2n) is 5.14. The monoisotopic (exact) mass is 285 g/mol. The maximum Gasteiger partial charge on any atom is 0.320 e. The van der Waals surface area contributed by atoms with Crippen LogP contribution in [-0.2, 0) is 9.59 Å². The fraction of sp³-hybridized carbons (Fsp3) is 0.857. The minimum Gasteiger partial charge on any atom is -0.480 e. The van der Waals surface area contributed by atoms with Gasteiger partial charge < -0.3 is 10.0 Å². The zero-order valence-corrected chi connectivity index (χ0v) is 12.8. The van der Waals surface area contributed by atoms with Crippen LogP contribution in [0.25, 0.3) is 0 Å². The first-order valence-corrected chi connectivity index (χ1v) is 7.50. The molecule has 1 amide bonds. The number of rotatable bonds is 7. The minimum atomic E-state index is -0.768. The highest BCUT2D eigenvalue weighted by Gasteiger charge is 2.29. The molecule has 1 atom stereocenters. The zero-order valence-electron chi connectivity index (χ0n) is 12.8. The molecule has 116 valence electrons. The lowest BCUT2D eigenvalue weighted by molar-refractivity contribution is -0.145. The largest absolute Gasteiger partial charge is 0.480 e. The van der Waals surface area contributed by atoms with Crippen LogP contribution in [0.15, 0.2) is 0 Å². The highest BCUT2D eigenvalue weighted by molar-refractivity contribution is 5.78. The molecule has 1 rings (SSSR count). The summed E-state index contributed by atoms with van der Waals surface area (Å²) in [5.41, 5.74) is 0. The van der Waals surface area contributed by atoms with E-state index in [2.05, 4.69) is 4.90 Å². The Morgan fingerprint density at radius 1 is 1.10 bits per heavy atom. The van der Waals surface area contributed by atoms with Gasteiger partial charge in [0.25, 0.3) is 0 Å². The Hall–Kier alpha value is -1.14. The molecule has 1 fully saturated rings. The summed E-state index contributed by atoms with van der Waals surface area (Å²) in [6, 6.07) is -0.421. The number of carboxylic acids is 1. The van der Waals surface area contributed by atoms with Crippen LogP contribution >= 0.6 is 0 Å². The van der Waals surface area contributed by atoms with Gasteiger partial charge in [0.1, 0.15) is 6.04 Å². The van der Waals surface area contributed by atoms with E-state index < -0.39 is 12.0 Å². The van der Waals surface area contributed by atoms with Gasteiger partial charge in [0, 0.05) is 26.2 Å². The van der Waals surface area contributed by atoms with Gasteiger partial charge in [0.15, 0.2) is 0 Å². The molecule has 1 aliphatic rings. The van der Waals surface area contributed by atoms with Gasteiger partial charge in [-0.3, -0.25) is 19.4 Å². The number of carboxylic acid groups (broad SMARTS) is 1. The fourth-order valence-corrected chi connectivity index (χ4v) is 2.61. The van der Waals surface area contributed by atoms with Gasteiger partial charge in [0.2, 0.25) is 5.91 Å². The summed E-state index contributed by atoms with van der Waals surface area (Å²) in [5, 5.41) is 9.15. The second-order valence-corrected chi connectivity index (χ2v) is 5.14. The minimum absolute atomic E-state index is 0.150. The molecule has 0 aromatic carbocycles. The van der Waals surface area contributed by atoms with Crippen molar-refractivity contribution in [1.29, 1.82) is 0 Å². The van der Waals surface area contributed by atoms with Crippen LogP contribution in [0.4, 0.5) is 0 Å². The number of hydrogen-bond acceptors (Lipinski definition) is 4. The molecule has 1 N–H and O–H groups in total. The summed E-state index contributed by atoms with van der Waals surface area (Å²) in [5.74, 6) is -0.618. The molecule has 6 nitrogen and oxygen atoms in total. The molecule has 1 aliphatic heterocycles. The average molecular weight is 285 g/mol. The SMILES string of the molecule is CCC(C(=O)O)N1CCN(C(=O)CN(CC)CC)CC1. The number of hydrogen-bond donors (Lipinski definition) is 1. The maximum atomic E-state index is 12.2. The first kappa shape index (κ1) is 16.9.